The molecule has 0 saturated carbocycles. The Hall–Kier alpha value is -1.07. The molecule has 302 valence electrons. The molecule has 9 heteroatoms. The van der Waals surface area contributed by atoms with Crippen molar-refractivity contribution in [2.75, 3.05) is 13.2 Å². The number of nitrogens with one attached hydrogen (secondary N) is 1. The summed E-state index contributed by atoms with van der Waals surface area (Å²) < 4.78 is 11.2. The normalized spacial score (nSPS) is 22.1. The smallest absolute Gasteiger partial charge is 0.220 e. The van der Waals surface area contributed by atoms with Gasteiger partial charge in [-0.1, -0.05) is 161 Å². The summed E-state index contributed by atoms with van der Waals surface area (Å²) >= 11 is 0. The minimum atomic E-state index is -1.55. The van der Waals surface area contributed by atoms with Crippen molar-refractivity contribution in [2.24, 2.45) is 0 Å². The Labute approximate surface area is 312 Å². The van der Waals surface area contributed by atoms with Crippen molar-refractivity contribution >= 4 is 5.91 Å². The van der Waals surface area contributed by atoms with E-state index in [1.807, 2.05) is 0 Å². The molecule has 1 amide bonds. The molecule has 0 spiro atoms. The number of unbranched alkanes of at least 4 members (excludes halogenated alkanes) is 23. The first kappa shape index (κ1) is 48.0. The summed E-state index contributed by atoms with van der Waals surface area (Å²) in [4.78, 5) is 12.9. The number of carbonyl (C=O) groups is 1. The van der Waals surface area contributed by atoms with E-state index >= 15 is 0 Å². The van der Waals surface area contributed by atoms with E-state index in [0.717, 1.165) is 51.4 Å². The van der Waals surface area contributed by atoms with Crippen molar-refractivity contribution in [3.63, 3.8) is 0 Å². The van der Waals surface area contributed by atoms with Gasteiger partial charge >= 0.3 is 0 Å². The maximum atomic E-state index is 12.9. The van der Waals surface area contributed by atoms with Crippen LogP contribution >= 0.6 is 0 Å². The predicted molar refractivity (Wildman–Crippen MR) is 207 cm³/mol. The molecule has 0 aliphatic carbocycles. The van der Waals surface area contributed by atoms with Crippen LogP contribution in [0.3, 0.4) is 0 Å². The average Bonchev–Trinajstić information content (AvgIpc) is 3.13. The van der Waals surface area contributed by atoms with Crippen LogP contribution in [0.1, 0.15) is 194 Å². The molecule has 1 saturated heterocycles. The van der Waals surface area contributed by atoms with E-state index in [1.54, 1.807) is 0 Å². The zero-order valence-electron chi connectivity index (χ0n) is 32.9. The largest absolute Gasteiger partial charge is 0.394 e. The summed E-state index contributed by atoms with van der Waals surface area (Å²) in [6.45, 7) is 3.80. The first-order valence-electron chi connectivity index (χ1n) is 21.4. The number of hydrogen-bond donors (Lipinski definition) is 6. The monoisotopic (exact) mass is 728 g/mol. The fraction of sp³-hybridized carbons (Fsp3) is 0.929. The molecule has 0 aromatic carbocycles. The van der Waals surface area contributed by atoms with Crippen LogP contribution in [0, 0.1) is 0 Å². The quantitative estimate of drug-likeness (QED) is 0.0283. The van der Waals surface area contributed by atoms with E-state index in [4.69, 9.17) is 9.47 Å². The van der Waals surface area contributed by atoms with Crippen molar-refractivity contribution in [2.45, 2.75) is 236 Å². The number of ether oxygens (including phenoxy) is 2. The van der Waals surface area contributed by atoms with Gasteiger partial charge in [0, 0.05) is 6.42 Å². The van der Waals surface area contributed by atoms with E-state index in [2.05, 4.69) is 31.3 Å². The van der Waals surface area contributed by atoms with Gasteiger partial charge < -0.3 is 40.3 Å². The summed E-state index contributed by atoms with van der Waals surface area (Å²) in [6, 6.07) is -0.717. The summed E-state index contributed by atoms with van der Waals surface area (Å²) in [5.41, 5.74) is 0. The molecule has 7 unspecified atom stereocenters. The van der Waals surface area contributed by atoms with Crippen molar-refractivity contribution in [1.29, 1.82) is 0 Å². The Morgan fingerprint density at radius 1 is 0.647 bits per heavy atom. The van der Waals surface area contributed by atoms with Crippen molar-refractivity contribution in [3.05, 3.63) is 12.2 Å². The topological polar surface area (TPSA) is 149 Å². The van der Waals surface area contributed by atoms with Crippen LogP contribution in [0.15, 0.2) is 12.2 Å². The van der Waals surface area contributed by atoms with E-state index in [1.165, 1.54) is 116 Å². The zero-order chi connectivity index (χ0) is 37.4. The van der Waals surface area contributed by atoms with Gasteiger partial charge in [0.15, 0.2) is 6.29 Å². The number of hydrogen-bond acceptors (Lipinski definition) is 8. The van der Waals surface area contributed by atoms with Gasteiger partial charge in [0.05, 0.1) is 25.4 Å². The molecule has 0 aromatic rings. The Balaban J connectivity index is 2.37. The lowest BCUT2D eigenvalue weighted by Crippen LogP contribution is -2.60. The second kappa shape index (κ2) is 33.5. The van der Waals surface area contributed by atoms with Gasteiger partial charge in [-0.25, -0.2) is 0 Å². The number of aliphatic hydroxyl groups excluding tert-OH is 5. The molecule has 0 radical (unpaired) electrons. The van der Waals surface area contributed by atoms with Crippen molar-refractivity contribution < 1.29 is 39.8 Å². The maximum Gasteiger partial charge on any atom is 0.220 e. The highest BCUT2D eigenvalue weighted by Gasteiger charge is 2.44. The summed E-state index contributed by atoms with van der Waals surface area (Å²) in [6.07, 6.45) is 29.3. The summed E-state index contributed by atoms with van der Waals surface area (Å²) in [5, 5.41) is 54.2. The minimum absolute atomic E-state index is 0.138. The van der Waals surface area contributed by atoms with Crippen LogP contribution in [-0.2, 0) is 14.3 Å². The molecule has 1 rings (SSSR count). The van der Waals surface area contributed by atoms with Gasteiger partial charge in [-0.2, -0.15) is 0 Å². The number of aliphatic hydroxyl groups is 5. The van der Waals surface area contributed by atoms with Crippen LogP contribution < -0.4 is 5.32 Å². The first-order chi connectivity index (χ1) is 24.8. The van der Waals surface area contributed by atoms with Crippen LogP contribution in [0.25, 0.3) is 0 Å². The van der Waals surface area contributed by atoms with Crippen LogP contribution in [-0.4, -0.2) is 87.5 Å². The highest BCUT2D eigenvalue weighted by atomic mass is 16.7. The Morgan fingerprint density at radius 2 is 1.10 bits per heavy atom. The van der Waals surface area contributed by atoms with E-state index in [0.29, 0.717) is 12.8 Å². The molecule has 1 aliphatic heterocycles. The lowest BCUT2D eigenvalue weighted by molar-refractivity contribution is -0.302. The molecule has 9 nitrogen and oxygen atoms in total. The molecule has 1 fully saturated rings. The van der Waals surface area contributed by atoms with Gasteiger partial charge in [-0.15, -0.1) is 0 Å². The summed E-state index contributed by atoms with van der Waals surface area (Å²) in [5.74, 6) is -0.154. The number of carbonyl (C=O) groups excluding carboxylic acids is 1. The molecular weight excluding hydrogens is 646 g/mol. The van der Waals surface area contributed by atoms with Gasteiger partial charge in [0.2, 0.25) is 5.91 Å². The maximum absolute atomic E-state index is 12.9. The standard InChI is InChI=1S/C42H81NO8/c1-3-5-7-9-11-13-15-17-18-19-20-21-23-25-27-29-31-36(45)35(34-50-42-41(49)40(48)39(47)37(33-44)51-42)43-38(46)32-30-28-26-24-22-16-14-12-10-8-6-4-2/h12,14,35-37,39-42,44-45,47-49H,3-11,13,15-34H2,1-2H3,(H,43,46)/b14-12-. The lowest BCUT2D eigenvalue weighted by atomic mass is 9.99. The Kier molecular flexibility index (Phi) is 31.5. The second-order valence-electron chi connectivity index (χ2n) is 15.1. The molecule has 1 aliphatic rings. The highest BCUT2D eigenvalue weighted by Crippen LogP contribution is 2.23. The molecule has 1 heterocycles. The number of allylic oxidation sites excluding steroid dienone is 2. The third-order valence-corrected chi connectivity index (χ3v) is 10.4. The Bertz CT molecular complexity index is 812. The van der Waals surface area contributed by atoms with Gasteiger partial charge in [0.1, 0.15) is 24.4 Å². The highest BCUT2D eigenvalue weighted by molar-refractivity contribution is 5.76. The van der Waals surface area contributed by atoms with Gasteiger partial charge in [-0.05, 0) is 38.5 Å². The second-order valence-corrected chi connectivity index (χ2v) is 15.1. The molecule has 0 aromatic heterocycles. The predicted octanol–water partition coefficient (Wildman–Crippen LogP) is 8.17. The van der Waals surface area contributed by atoms with Gasteiger partial charge in [0.25, 0.3) is 0 Å². The molecule has 6 N–H and O–H groups in total. The molecule has 7 atom stereocenters. The van der Waals surface area contributed by atoms with Crippen molar-refractivity contribution in [3.8, 4) is 0 Å². The third-order valence-electron chi connectivity index (χ3n) is 10.4. The van der Waals surface area contributed by atoms with Crippen LogP contribution in [0.4, 0.5) is 0 Å². The lowest BCUT2D eigenvalue weighted by Gasteiger charge is -2.40. The number of amides is 1. The fourth-order valence-corrected chi connectivity index (χ4v) is 6.86. The Morgan fingerprint density at radius 3 is 1.63 bits per heavy atom. The zero-order valence-corrected chi connectivity index (χ0v) is 32.9. The summed E-state index contributed by atoms with van der Waals surface area (Å²) in [7, 11) is 0. The SMILES string of the molecule is CCCCC/C=C\CCCCCCCC(=O)NC(COC1OC(CO)C(O)C(O)C1O)C(O)CCCCCCCCCCCCCCCCCC. The first-order valence-corrected chi connectivity index (χ1v) is 21.4. The van der Waals surface area contributed by atoms with Crippen LogP contribution in [0.2, 0.25) is 0 Å². The number of rotatable bonds is 35. The molecule has 51 heavy (non-hydrogen) atoms. The molecule has 0 bridgehead atoms. The van der Waals surface area contributed by atoms with Gasteiger partial charge in [-0.3, -0.25) is 4.79 Å². The van der Waals surface area contributed by atoms with E-state index < -0.39 is 49.5 Å². The molecular formula is C42H81NO8. The van der Waals surface area contributed by atoms with E-state index in [9.17, 15) is 30.3 Å². The third kappa shape index (κ3) is 24.8. The average molecular weight is 728 g/mol. The fourth-order valence-electron chi connectivity index (χ4n) is 6.86. The van der Waals surface area contributed by atoms with E-state index in [-0.39, 0.29) is 12.5 Å². The minimum Gasteiger partial charge on any atom is -0.394 e. The van der Waals surface area contributed by atoms with Crippen molar-refractivity contribution in [1.82, 2.24) is 5.32 Å². The van der Waals surface area contributed by atoms with Crippen LogP contribution in [0.5, 0.6) is 0 Å².